The molecule has 2 aliphatic rings. The number of amides is 1. The Bertz CT molecular complexity index is 977. The van der Waals surface area contributed by atoms with E-state index < -0.39 is 5.97 Å². The molecular weight excluding hydrogens is 386 g/mol. The first-order valence-electron chi connectivity index (χ1n) is 10.3. The number of aromatic nitrogens is 2. The average molecular weight is 413 g/mol. The summed E-state index contributed by atoms with van der Waals surface area (Å²) in [5.74, 6) is 0.0299. The topological polar surface area (TPSA) is 111 Å². The second-order valence-electron chi connectivity index (χ2n) is 7.67. The third kappa shape index (κ3) is 4.17. The number of ether oxygens (including phenoxy) is 1. The van der Waals surface area contributed by atoms with Crippen LogP contribution in [-0.2, 0) is 20.9 Å². The minimum atomic E-state index is -0.558. The standard InChI is InChI=1S/C21H27N5O4/c1-30-21(29)15-12-26(9-10-27)20(28)19(15)22-14-5-6-16-17(11-14)24-18(23-16)13-25-7-3-2-4-8-25/h5-6,11,22,27H,2-4,7-10,12-13H2,1H3,(H,23,24). The lowest BCUT2D eigenvalue weighted by atomic mass is 10.1. The normalized spacial score (nSPS) is 17.8. The molecule has 3 heterocycles. The Hall–Kier alpha value is -2.91. The second kappa shape index (κ2) is 8.85. The minimum Gasteiger partial charge on any atom is -0.466 e. The van der Waals surface area contributed by atoms with Crippen LogP contribution in [0, 0.1) is 0 Å². The third-order valence-corrected chi connectivity index (χ3v) is 5.58. The van der Waals surface area contributed by atoms with Crippen molar-refractivity contribution in [2.75, 3.05) is 45.2 Å². The Kier molecular flexibility index (Phi) is 6.01. The van der Waals surface area contributed by atoms with Crippen molar-refractivity contribution in [3.8, 4) is 0 Å². The highest BCUT2D eigenvalue weighted by Gasteiger charge is 2.34. The summed E-state index contributed by atoms with van der Waals surface area (Å²) >= 11 is 0. The Morgan fingerprint density at radius 1 is 1.30 bits per heavy atom. The van der Waals surface area contributed by atoms with Crippen LogP contribution < -0.4 is 5.32 Å². The number of carbonyl (C=O) groups excluding carboxylic acids is 2. The Balaban J connectivity index is 1.54. The van der Waals surface area contributed by atoms with E-state index in [-0.39, 0.29) is 36.9 Å². The van der Waals surface area contributed by atoms with Crippen LogP contribution in [0.4, 0.5) is 5.69 Å². The van der Waals surface area contributed by atoms with Crippen LogP contribution in [0.2, 0.25) is 0 Å². The molecule has 2 aromatic rings. The Labute approximate surface area is 174 Å². The Morgan fingerprint density at radius 3 is 2.83 bits per heavy atom. The number of aromatic amines is 1. The number of carbonyl (C=O) groups is 2. The lowest BCUT2D eigenvalue weighted by Gasteiger charge is -2.25. The summed E-state index contributed by atoms with van der Waals surface area (Å²) in [6.07, 6.45) is 3.75. The summed E-state index contributed by atoms with van der Waals surface area (Å²) < 4.78 is 4.82. The number of hydrogen-bond acceptors (Lipinski definition) is 7. The van der Waals surface area contributed by atoms with Gasteiger partial charge in [-0.15, -0.1) is 0 Å². The first kappa shape index (κ1) is 20.4. The smallest absolute Gasteiger partial charge is 0.337 e. The Morgan fingerprint density at radius 2 is 2.10 bits per heavy atom. The van der Waals surface area contributed by atoms with E-state index in [0.717, 1.165) is 36.5 Å². The van der Waals surface area contributed by atoms with Crippen LogP contribution in [0.3, 0.4) is 0 Å². The molecule has 9 heteroatoms. The van der Waals surface area contributed by atoms with Gasteiger partial charge in [0, 0.05) is 12.2 Å². The zero-order chi connectivity index (χ0) is 21.1. The van der Waals surface area contributed by atoms with Crippen molar-refractivity contribution in [2.45, 2.75) is 25.8 Å². The maximum atomic E-state index is 12.7. The molecule has 1 aromatic carbocycles. The van der Waals surface area contributed by atoms with Crippen LogP contribution in [-0.4, -0.2) is 76.6 Å². The van der Waals surface area contributed by atoms with E-state index in [4.69, 9.17) is 4.74 Å². The number of benzene rings is 1. The lowest BCUT2D eigenvalue weighted by molar-refractivity contribution is -0.136. The van der Waals surface area contributed by atoms with Crippen molar-refractivity contribution in [1.29, 1.82) is 0 Å². The number of aliphatic hydroxyl groups excluding tert-OH is 1. The van der Waals surface area contributed by atoms with E-state index in [1.165, 1.54) is 31.3 Å². The fraction of sp³-hybridized carbons (Fsp3) is 0.476. The van der Waals surface area contributed by atoms with Gasteiger partial charge in [0.2, 0.25) is 0 Å². The number of hydrogen-bond donors (Lipinski definition) is 3. The van der Waals surface area contributed by atoms with Crippen LogP contribution in [0.25, 0.3) is 11.0 Å². The number of aliphatic hydroxyl groups is 1. The summed E-state index contributed by atoms with van der Waals surface area (Å²) in [5.41, 5.74) is 2.83. The van der Waals surface area contributed by atoms with E-state index in [1.54, 1.807) is 0 Å². The number of H-pyrrole nitrogens is 1. The molecule has 160 valence electrons. The third-order valence-electron chi connectivity index (χ3n) is 5.58. The van der Waals surface area contributed by atoms with E-state index in [9.17, 15) is 14.7 Å². The number of piperidine rings is 1. The number of rotatable bonds is 7. The zero-order valence-electron chi connectivity index (χ0n) is 17.1. The van der Waals surface area contributed by atoms with Crippen molar-refractivity contribution >= 4 is 28.6 Å². The van der Waals surface area contributed by atoms with Crippen molar-refractivity contribution in [2.24, 2.45) is 0 Å². The summed E-state index contributed by atoms with van der Waals surface area (Å²) in [6, 6.07) is 5.60. The van der Waals surface area contributed by atoms with Crippen LogP contribution in [0.5, 0.6) is 0 Å². The summed E-state index contributed by atoms with van der Waals surface area (Å²) in [6.45, 7) is 3.09. The zero-order valence-corrected chi connectivity index (χ0v) is 17.1. The molecule has 0 bridgehead atoms. The van der Waals surface area contributed by atoms with E-state index in [0.29, 0.717) is 5.69 Å². The van der Waals surface area contributed by atoms with Gasteiger partial charge in [0.15, 0.2) is 0 Å². The molecule has 0 spiro atoms. The molecule has 0 radical (unpaired) electrons. The maximum Gasteiger partial charge on any atom is 0.337 e. The maximum absolute atomic E-state index is 12.7. The lowest BCUT2D eigenvalue weighted by Crippen LogP contribution is -2.31. The van der Waals surface area contributed by atoms with Crippen LogP contribution >= 0.6 is 0 Å². The molecule has 1 amide bonds. The number of imidazole rings is 1. The highest BCUT2D eigenvalue weighted by molar-refractivity contribution is 6.08. The van der Waals surface area contributed by atoms with Gasteiger partial charge >= 0.3 is 5.97 Å². The van der Waals surface area contributed by atoms with E-state index in [1.807, 2.05) is 18.2 Å². The van der Waals surface area contributed by atoms with Gasteiger partial charge < -0.3 is 25.0 Å². The van der Waals surface area contributed by atoms with Crippen LogP contribution in [0.1, 0.15) is 25.1 Å². The molecule has 0 saturated carbocycles. The first-order chi connectivity index (χ1) is 14.6. The summed E-state index contributed by atoms with van der Waals surface area (Å²) in [4.78, 5) is 36.7. The molecule has 3 N–H and O–H groups in total. The highest BCUT2D eigenvalue weighted by atomic mass is 16.5. The monoisotopic (exact) mass is 413 g/mol. The number of anilines is 1. The van der Waals surface area contributed by atoms with Crippen molar-refractivity contribution < 1.29 is 19.4 Å². The van der Waals surface area contributed by atoms with Gasteiger partial charge in [-0.05, 0) is 44.1 Å². The SMILES string of the molecule is COC(=O)C1=C(Nc2ccc3nc(CN4CCCCC4)[nH]c3c2)C(=O)N(CCO)C1. The molecular formula is C21H27N5O4. The summed E-state index contributed by atoms with van der Waals surface area (Å²) in [5, 5.41) is 12.3. The molecule has 2 aliphatic heterocycles. The van der Waals surface area contributed by atoms with Gasteiger partial charge in [-0.2, -0.15) is 0 Å². The summed E-state index contributed by atoms with van der Waals surface area (Å²) in [7, 11) is 1.28. The van der Waals surface area contributed by atoms with Gasteiger partial charge in [0.25, 0.3) is 5.91 Å². The van der Waals surface area contributed by atoms with Gasteiger partial charge in [-0.3, -0.25) is 9.69 Å². The second-order valence-corrected chi connectivity index (χ2v) is 7.67. The highest BCUT2D eigenvalue weighted by Crippen LogP contribution is 2.25. The van der Waals surface area contributed by atoms with Gasteiger partial charge in [-0.1, -0.05) is 6.42 Å². The molecule has 0 aliphatic carbocycles. The van der Waals surface area contributed by atoms with E-state index in [2.05, 4.69) is 20.2 Å². The quantitative estimate of drug-likeness (QED) is 0.586. The van der Waals surface area contributed by atoms with Crippen molar-refractivity contribution in [3.63, 3.8) is 0 Å². The molecule has 1 saturated heterocycles. The predicted octanol–water partition coefficient (Wildman–Crippen LogP) is 1.22. The largest absolute Gasteiger partial charge is 0.466 e. The van der Waals surface area contributed by atoms with Crippen molar-refractivity contribution in [3.05, 3.63) is 35.3 Å². The number of nitrogens with one attached hydrogen (secondary N) is 2. The predicted molar refractivity (Wildman–Crippen MR) is 112 cm³/mol. The van der Waals surface area contributed by atoms with Crippen molar-refractivity contribution in [1.82, 2.24) is 19.8 Å². The van der Waals surface area contributed by atoms with Gasteiger partial charge in [0.1, 0.15) is 11.5 Å². The van der Waals surface area contributed by atoms with E-state index >= 15 is 0 Å². The number of esters is 1. The molecule has 4 rings (SSSR count). The fourth-order valence-corrected chi connectivity index (χ4v) is 4.04. The number of fused-ring (bicyclic) bond motifs is 1. The number of methoxy groups -OCH3 is 1. The van der Waals surface area contributed by atoms with Gasteiger partial charge in [-0.25, -0.2) is 9.78 Å². The molecule has 30 heavy (non-hydrogen) atoms. The van der Waals surface area contributed by atoms with Gasteiger partial charge in [0.05, 0.1) is 43.4 Å². The molecule has 9 nitrogen and oxygen atoms in total. The fourth-order valence-electron chi connectivity index (χ4n) is 4.04. The molecule has 1 fully saturated rings. The average Bonchev–Trinajstić information content (AvgIpc) is 3.29. The molecule has 0 atom stereocenters. The molecule has 1 aromatic heterocycles. The number of likely N-dealkylation sites (tertiary alicyclic amines) is 1. The molecule has 0 unspecified atom stereocenters. The number of nitrogens with zero attached hydrogens (tertiary/aromatic N) is 3. The van der Waals surface area contributed by atoms with Crippen LogP contribution in [0.15, 0.2) is 29.5 Å². The number of β-amino-alcohol motifs (C(OH)–C–C–N with tert-alkyl or cyclic N) is 1. The minimum absolute atomic E-state index is 0.112. The first-order valence-corrected chi connectivity index (χ1v) is 10.3.